The summed E-state index contributed by atoms with van der Waals surface area (Å²) in [5.74, 6) is 0. The van der Waals surface area contributed by atoms with Crippen molar-refractivity contribution in [1.29, 1.82) is 0 Å². The molecule has 1 aromatic carbocycles. The SMILES string of the molecule is CCOC(CNc1ccc(N(CC)CC)cc1)OCC. The molecule has 0 aromatic heterocycles. The van der Waals surface area contributed by atoms with Crippen LogP contribution in [0.1, 0.15) is 27.7 Å². The number of hydrogen-bond donors (Lipinski definition) is 1. The smallest absolute Gasteiger partial charge is 0.174 e. The molecule has 0 aliphatic heterocycles. The maximum absolute atomic E-state index is 5.51. The molecule has 0 bridgehead atoms. The molecule has 20 heavy (non-hydrogen) atoms. The van der Waals surface area contributed by atoms with E-state index in [-0.39, 0.29) is 6.29 Å². The first kappa shape index (κ1) is 16.8. The van der Waals surface area contributed by atoms with E-state index in [1.54, 1.807) is 0 Å². The topological polar surface area (TPSA) is 33.7 Å². The zero-order chi connectivity index (χ0) is 14.8. The quantitative estimate of drug-likeness (QED) is 0.666. The minimum atomic E-state index is -0.188. The van der Waals surface area contributed by atoms with Crippen LogP contribution in [0.3, 0.4) is 0 Å². The Morgan fingerprint density at radius 3 is 1.95 bits per heavy atom. The highest BCUT2D eigenvalue weighted by Crippen LogP contribution is 2.17. The second-order valence-electron chi connectivity index (χ2n) is 4.44. The Morgan fingerprint density at radius 1 is 0.950 bits per heavy atom. The second-order valence-corrected chi connectivity index (χ2v) is 4.44. The summed E-state index contributed by atoms with van der Waals surface area (Å²) < 4.78 is 11.0. The molecule has 4 nitrogen and oxygen atoms in total. The number of hydrogen-bond acceptors (Lipinski definition) is 4. The molecule has 1 N–H and O–H groups in total. The van der Waals surface area contributed by atoms with Crippen LogP contribution in [0.4, 0.5) is 11.4 Å². The highest BCUT2D eigenvalue weighted by Gasteiger charge is 2.07. The molecule has 114 valence electrons. The standard InChI is InChI=1S/C16H28N2O2/c1-5-18(6-2)15-11-9-14(10-12-15)17-13-16(19-7-3)20-8-4/h9-12,16-17H,5-8,13H2,1-4H3. The highest BCUT2D eigenvalue weighted by atomic mass is 16.7. The van der Waals surface area contributed by atoms with Crippen molar-refractivity contribution >= 4 is 11.4 Å². The van der Waals surface area contributed by atoms with Crippen molar-refractivity contribution in [2.75, 3.05) is 43.1 Å². The molecule has 0 aliphatic carbocycles. The van der Waals surface area contributed by atoms with Gasteiger partial charge in [-0.15, -0.1) is 0 Å². The summed E-state index contributed by atoms with van der Waals surface area (Å²) in [7, 11) is 0. The minimum absolute atomic E-state index is 0.188. The van der Waals surface area contributed by atoms with Crippen LogP contribution >= 0.6 is 0 Å². The van der Waals surface area contributed by atoms with Crippen LogP contribution in [0.5, 0.6) is 0 Å². The Kier molecular flexibility index (Phi) is 8.07. The molecule has 1 aromatic rings. The zero-order valence-corrected chi connectivity index (χ0v) is 13.2. The maximum Gasteiger partial charge on any atom is 0.174 e. The van der Waals surface area contributed by atoms with Crippen LogP contribution in [0.15, 0.2) is 24.3 Å². The Balaban J connectivity index is 2.52. The van der Waals surface area contributed by atoms with Gasteiger partial charge < -0.3 is 19.7 Å². The third-order valence-electron chi connectivity index (χ3n) is 3.17. The molecule has 0 saturated carbocycles. The van der Waals surface area contributed by atoms with Gasteiger partial charge in [0, 0.05) is 37.7 Å². The normalized spacial score (nSPS) is 10.8. The van der Waals surface area contributed by atoms with Crippen LogP contribution < -0.4 is 10.2 Å². The first-order valence-electron chi connectivity index (χ1n) is 7.57. The lowest BCUT2D eigenvalue weighted by Crippen LogP contribution is -2.26. The number of anilines is 2. The summed E-state index contributed by atoms with van der Waals surface area (Å²) in [6, 6.07) is 8.49. The van der Waals surface area contributed by atoms with Gasteiger partial charge in [-0.2, -0.15) is 0 Å². The lowest BCUT2D eigenvalue weighted by molar-refractivity contribution is -0.126. The lowest BCUT2D eigenvalue weighted by atomic mass is 10.2. The van der Waals surface area contributed by atoms with E-state index < -0.39 is 0 Å². The molecule has 0 heterocycles. The Hall–Kier alpha value is -1.26. The van der Waals surface area contributed by atoms with E-state index in [2.05, 4.69) is 48.3 Å². The molecule has 0 amide bonds. The number of rotatable bonds is 10. The summed E-state index contributed by atoms with van der Waals surface area (Å²) in [6.07, 6.45) is -0.188. The summed E-state index contributed by atoms with van der Waals surface area (Å²) in [5.41, 5.74) is 2.34. The van der Waals surface area contributed by atoms with Crippen molar-refractivity contribution in [3.63, 3.8) is 0 Å². The van der Waals surface area contributed by atoms with Gasteiger partial charge in [-0.05, 0) is 52.0 Å². The highest BCUT2D eigenvalue weighted by molar-refractivity contribution is 5.55. The van der Waals surface area contributed by atoms with Gasteiger partial charge in [0.1, 0.15) is 0 Å². The minimum Gasteiger partial charge on any atom is -0.380 e. The van der Waals surface area contributed by atoms with Crippen LogP contribution in [-0.4, -0.2) is 39.1 Å². The molecule has 0 saturated heterocycles. The zero-order valence-electron chi connectivity index (χ0n) is 13.2. The molecule has 0 unspecified atom stereocenters. The maximum atomic E-state index is 5.51. The number of nitrogens with one attached hydrogen (secondary N) is 1. The van der Waals surface area contributed by atoms with Crippen LogP contribution in [-0.2, 0) is 9.47 Å². The van der Waals surface area contributed by atoms with Crippen molar-refractivity contribution in [3.05, 3.63) is 24.3 Å². The van der Waals surface area contributed by atoms with Crippen LogP contribution in [0.25, 0.3) is 0 Å². The third-order valence-corrected chi connectivity index (χ3v) is 3.17. The van der Waals surface area contributed by atoms with Gasteiger partial charge in [-0.1, -0.05) is 0 Å². The van der Waals surface area contributed by atoms with E-state index in [0.29, 0.717) is 19.8 Å². The van der Waals surface area contributed by atoms with Gasteiger partial charge in [0.15, 0.2) is 6.29 Å². The Bertz CT molecular complexity index is 344. The summed E-state index contributed by atoms with van der Waals surface area (Å²) in [5, 5.41) is 3.35. The van der Waals surface area contributed by atoms with Gasteiger partial charge in [-0.25, -0.2) is 0 Å². The fourth-order valence-corrected chi connectivity index (χ4v) is 2.12. The largest absolute Gasteiger partial charge is 0.380 e. The predicted octanol–water partition coefficient (Wildman–Crippen LogP) is 3.34. The molecule has 0 spiro atoms. The van der Waals surface area contributed by atoms with Crippen LogP contribution in [0.2, 0.25) is 0 Å². The van der Waals surface area contributed by atoms with Crippen molar-refractivity contribution in [1.82, 2.24) is 0 Å². The van der Waals surface area contributed by atoms with Gasteiger partial charge in [0.25, 0.3) is 0 Å². The fourth-order valence-electron chi connectivity index (χ4n) is 2.12. The fraction of sp³-hybridized carbons (Fsp3) is 0.625. The van der Waals surface area contributed by atoms with E-state index in [9.17, 15) is 0 Å². The van der Waals surface area contributed by atoms with Gasteiger partial charge in [-0.3, -0.25) is 0 Å². The first-order chi connectivity index (χ1) is 9.74. The van der Waals surface area contributed by atoms with Crippen LogP contribution in [0, 0.1) is 0 Å². The van der Waals surface area contributed by atoms with E-state index in [1.165, 1.54) is 5.69 Å². The van der Waals surface area contributed by atoms with E-state index in [4.69, 9.17) is 9.47 Å². The van der Waals surface area contributed by atoms with E-state index in [1.807, 2.05) is 13.8 Å². The number of nitrogens with zero attached hydrogens (tertiary/aromatic N) is 1. The predicted molar refractivity (Wildman–Crippen MR) is 85.5 cm³/mol. The van der Waals surface area contributed by atoms with Gasteiger partial charge in [0.2, 0.25) is 0 Å². The average Bonchev–Trinajstić information content (AvgIpc) is 2.48. The first-order valence-corrected chi connectivity index (χ1v) is 7.57. The summed E-state index contributed by atoms with van der Waals surface area (Å²) >= 11 is 0. The number of benzene rings is 1. The lowest BCUT2D eigenvalue weighted by Gasteiger charge is -2.22. The second kappa shape index (κ2) is 9.61. The molecule has 0 atom stereocenters. The van der Waals surface area contributed by atoms with Crippen molar-refractivity contribution in [2.24, 2.45) is 0 Å². The van der Waals surface area contributed by atoms with Crippen molar-refractivity contribution in [3.8, 4) is 0 Å². The van der Waals surface area contributed by atoms with E-state index >= 15 is 0 Å². The molecular formula is C16H28N2O2. The molecule has 0 aliphatic rings. The molecule has 1 rings (SSSR count). The molecule has 0 radical (unpaired) electrons. The van der Waals surface area contributed by atoms with Crippen molar-refractivity contribution < 1.29 is 9.47 Å². The molecular weight excluding hydrogens is 252 g/mol. The number of ether oxygens (including phenoxy) is 2. The average molecular weight is 280 g/mol. The molecule has 0 fully saturated rings. The summed E-state index contributed by atoms with van der Waals surface area (Å²) in [6.45, 7) is 12.3. The van der Waals surface area contributed by atoms with Gasteiger partial charge >= 0.3 is 0 Å². The van der Waals surface area contributed by atoms with Crippen molar-refractivity contribution in [2.45, 2.75) is 34.0 Å². The Labute approximate surface area is 123 Å². The Morgan fingerprint density at radius 2 is 1.50 bits per heavy atom. The monoisotopic (exact) mass is 280 g/mol. The van der Waals surface area contributed by atoms with E-state index in [0.717, 1.165) is 18.8 Å². The van der Waals surface area contributed by atoms with Gasteiger partial charge in [0.05, 0.1) is 6.54 Å². The molecule has 4 heteroatoms. The third kappa shape index (κ3) is 5.39. The summed E-state index contributed by atoms with van der Waals surface area (Å²) in [4.78, 5) is 2.33.